The zero-order valence-electron chi connectivity index (χ0n) is 11.1. The Hall–Kier alpha value is -1.37. The second kappa shape index (κ2) is 4.08. The monoisotopic (exact) mass is 240 g/mol. The van der Waals surface area contributed by atoms with Gasteiger partial charge < -0.3 is 0 Å². The van der Waals surface area contributed by atoms with E-state index in [1.807, 2.05) is 6.07 Å². The van der Waals surface area contributed by atoms with Crippen LogP contribution in [0.5, 0.6) is 0 Å². The van der Waals surface area contributed by atoms with Crippen molar-refractivity contribution < 1.29 is 4.79 Å². The van der Waals surface area contributed by atoms with Crippen LogP contribution in [0.15, 0.2) is 36.4 Å². The van der Waals surface area contributed by atoms with Crippen molar-refractivity contribution in [1.82, 2.24) is 0 Å². The van der Waals surface area contributed by atoms with Gasteiger partial charge in [-0.25, -0.2) is 0 Å². The predicted molar refractivity (Wildman–Crippen MR) is 74.0 cm³/mol. The number of carbonyl (C=O) groups excluding carboxylic acids is 1. The van der Waals surface area contributed by atoms with Crippen molar-refractivity contribution in [3.63, 3.8) is 0 Å². The molecule has 1 aromatic carbocycles. The van der Waals surface area contributed by atoms with Gasteiger partial charge in [0.2, 0.25) is 0 Å². The van der Waals surface area contributed by atoms with E-state index in [-0.39, 0.29) is 5.41 Å². The van der Waals surface area contributed by atoms with E-state index in [9.17, 15) is 4.79 Å². The lowest BCUT2D eigenvalue weighted by atomic mass is 9.69. The molecule has 0 unspecified atom stereocenters. The van der Waals surface area contributed by atoms with E-state index in [0.29, 0.717) is 17.6 Å². The van der Waals surface area contributed by atoms with Crippen LogP contribution >= 0.6 is 0 Å². The fraction of sp³-hybridized carbons (Fsp3) is 0.471. The zero-order valence-corrected chi connectivity index (χ0v) is 11.1. The van der Waals surface area contributed by atoms with Crippen LogP contribution in [0, 0.1) is 17.3 Å². The molecule has 0 amide bonds. The van der Waals surface area contributed by atoms with Gasteiger partial charge in [-0.2, -0.15) is 0 Å². The Morgan fingerprint density at radius 3 is 2.61 bits per heavy atom. The fourth-order valence-electron chi connectivity index (χ4n) is 3.77. The number of allylic oxidation sites excluding steroid dienone is 2. The molecular weight excluding hydrogens is 220 g/mol. The molecule has 1 heteroatoms. The molecule has 0 N–H and O–H groups in total. The van der Waals surface area contributed by atoms with Crippen molar-refractivity contribution in [2.75, 3.05) is 0 Å². The molecule has 1 nitrogen and oxygen atoms in total. The topological polar surface area (TPSA) is 17.1 Å². The summed E-state index contributed by atoms with van der Waals surface area (Å²) in [5, 5.41) is 0. The lowest BCUT2D eigenvalue weighted by Crippen LogP contribution is -2.30. The summed E-state index contributed by atoms with van der Waals surface area (Å²) in [5.74, 6) is 1.53. The molecule has 2 atom stereocenters. The number of hydrogen-bond acceptors (Lipinski definition) is 1. The van der Waals surface area contributed by atoms with E-state index in [1.165, 1.54) is 11.1 Å². The van der Waals surface area contributed by atoms with E-state index in [1.54, 1.807) is 0 Å². The molecule has 2 aliphatic carbocycles. The second-order valence-electron chi connectivity index (χ2n) is 6.28. The van der Waals surface area contributed by atoms with Crippen molar-refractivity contribution in [2.24, 2.45) is 17.3 Å². The standard InChI is InChI=1S/C17H20O/c1-17(2)11-15(12-6-4-3-5-7-12)14-10-13(18)8-9-16(14)17/h3-7,11,14,16H,8-10H2,1-2H3/t14-,16-/m1/s1. The molecule has 18 heavy (non-hydrogen) atoms. The Labute approximate surface area is 109 Å². The van der Waals surface area contributed by atoms with Gasteiger partial charge in [-0.15, -0.1) is 0 Å². The van der Waals surface area contributed by atoms with Crippen LogP contribution in [0.3, 0.4) is 0 Å². The van der Waals surface area contributed by atoms with Gasteiger partial charge in [-0.3, -0.25) is 4.79 Å². The van der Waals surface area contributed by atoms with E-state index < -0.39 is 0 Å². The average molecular weight is 240 g/mol. The maximum absolute atomic E-state index is 11.8. The Kier molecular flexibility index (Phi) is 2.65. The van der Waals surface area contributed by atoms with Crippen LogP contribution in [-0.2, 0) is 4.79 Å². The Bertz CT molecular complexity index is 496. The molecular formula is C17H20O. The van der Waals surface area contributed by atoms with Crippen LogP contribution in [0.2, 0.25) is 0 Å². The summed E-state index contributed by atoms with van der Waals surface area (Å²) in [6.07, 6.45) is 4.99. The molecule has 0 saturated heterocycles. The summed E-state index contributed by atoms with van der Waals surface area (Å²) in [4.78, 5) is 11.8. The number of fused-ring (bicyclic) bond motifs is 1. The second-order valence-corrected chi connectivity index (χ2v) is 6.28. The van der Waals surface area contributed by atoms with E-state index in [4.69, 9.17) is 0 Å². The molecule has 2 aliphatic rings. The number of Topliss-reactive ketones (excluding diaryl/α,β-unsaturated/α-hetero) is 1. The number of hydrogen-bond donors (Lipinski definition) is 0. The minimum absolute atomic E-state index is 0.233. The van der Waals surface area contributed by atoms with Gasteiger partial charge in [0.15, 0.2) is 0 Å². The van der Waals surface area contributed by atoms with Gasteiger partial charge in [0.05, 0.1) is 0 Å². The SMILES string of the molecule is CC1(C)C=C(c2ccccc2)[C@H]2CC(=O)CC[C@H]21. The van der Waals surface area contributed by atoms with Gasteiger partial charge >= 0.3 is 0 Å². The summed E-state index contributed by atoms with van der Waals surface area (Å²) < 4.78 is 0. The highest BCUT2D eigenvalue weighted by molar-refractivity contribution is 5.84. The van der Waals surface area contributed by atoms with Crippen LogP contribution in [0.25, 0.3) is 5.57 Å². The molecule has 94 valence electrons. The molecule has 0 bridgehead atoms. The third-order valence-corrected chi connectivity index (χ3v) is 4.66. The largest absolute Gasteiger partial charge is 0.300 e. The zero-order chi connectivity index (χ0) is 12.8. The quantitative estimate of drug-likeness (QED) is 0.722. The first-order valence-corrected chi connectivity index (χ1v) is 6.88. The summed E-state index contributed by atoms with van der Waals surface area (Å²) >= 11 is 0. The number of ketones is 1. The normalized spacial score (nSPS) is 29.9. The van der Waals surface area contributed by atoms with Crippen LogP contribution in [0.1, 0.15) is 38.7 Å². The number of carbonyl (C=O) groups is 1. The summed E-state index contributed by atoms with van der Waals surface area (Å²) in [5.41, 5.74) is 2.93. The van der Waals surface area contributed by atoms with Crippen molar-refractivity contribution in [2.45, 2.75) is 33.1 Å². The molecule has 1 aromatic rings. The van der Waals surface area contributed by atoms with Gasteiger partial charge in [-0.05, 0) is 34.8 Å². The molecule has 3 rings (SSSR count). The average Bonchev–Trinajstić information content (AvgIpc) is 2.62. The van der Waals surface area contributed by atoms with Crippen molar-refractivity contribution in [3.05, 3.63) is 42.0 Å². The lowest BCUT2D eigenvalue weighted by molar-refractivity contribution is -0.122. The molecule has 0 aliphatic heterocycles. The lowest BCUT2D eigenvalue weighted by Gasteiger charge is -2.34. The maximum atomic E-state index is 11.8. The molecule has 0 heterocycles. The minimum atomic E-state index is 0.233. The maximum Gasteiger partial charge on any atom is 0.133 e. The van der Waals surface area contributed by atoms with Crippen LogP contribution in [0.4, 0.5) is 0 Å². The molecule has 0 spiro atoms. The molecule has 0 radical (unpaired) electrons. The molecule has 1 fully saturated rings. The van der Waals surface area contributed by atoms with Crippen LogP contribution < -0.4 is 0 Å². The molecule has 1 saturated carbocycles. The minimum Gasteiger partial charge on any atom is -0.300 e. The molecule has 0 aromatic heterocycles. The van der Waals surface area contributed by atoms with Crippen molar-refractivity contribution in [3.8, 4) is 0 Å². The fourth-order valence-corrected chi connectivity index (χ4v) is 3.77. The van der Waals surface area contributed by atoms with Gasteiger partial charge in [-0.1, -0.05) is 50.3 Å². The van der Waals surface area contributed by atoms with Crippen LogP contribution in [-0.4, -0.2) is 5.78 Å². The van der Waals surface area contributed by atoms with Crippen molar-refractivity contribution in [1.29, 1.82) is 0 Å². The highest BCUT2D eigenvalue weighted by atomic mass is 16.1. The Balaban J connectivity index is 2.01. The first-order chi connectivity index (χ1) is 8.58. The smallest absolute Gasteiger partial charge is 0.133 e. The van der Waals surface area contributed by atoms with Gasteiger partial charge in [0.1, 0.15) is 5.78 Å². The van der Waals surface area contributed by atoms with E-state index in [0.717, 1.165) is 19.3 Å². The first-order valence-electron chi connectivity index (χ1n) is 6.88. The Morgan fingerprint density at radius 2 is 1.89 bits per heavy atom. The summed E-state index contributed by atoms with van der Waals surface area (Å²) in [7, 11) is 0. The van der Waals surface area contributed by atoms with Gasteiger partial charge in [0, 0.05) is 12.8 Å². The predicted octanol–water partition coefficient (Wildman–Crippen LogP) is 4.10. The number of rotatable bonds is 1. The van der Waals surface area contributed by atoms with Gasteiger partial charge in [0.25, 0.3) is 0 Å². The highest BCUT2D eigenvalue weighted by Gasteiger charge is 2.45. The Morgan fingerprint density at radius 1 is 1.17 bits per heavy atom. The summed E-state index contributed by atoms with van der Waals surface area (Å²) in [6.45, 7) is 4.63. The number of benzene rings is 1. The van der Waals surface area contributed by atoms with Crippen molar-refractivity contribution >= 4 is 11.4 Å². The third kappa shape index (κ3) is 1.82. The van der Waals surface area contributed by atoms with E-state index in [2.05, 4.69) is 44.2 Å². The third-order valence-electron chi connectivity index (χ3n) is 4.66. The highest BCUT2D eigenvalue weighted by Crippen LogP contribution is 2.54. The summed E-state index contributed by atoms with van der Waals surface area (Å²) in [6, 6.07) is 10.6. The first kappa shape index (κ1) is 11.7. The van der Waals surface area contributed by atoms with E-state index >= 15 is 0 Å².